The summed E-state index contributed by atoms with van der Waals surface area (Å²) >= 11 is 0. The molecule has 6 nitrogen and oxygen atoms in total. The van der Waals surface area contributed by atoms with Gasteiger partial charge in [-0.2, -0.15) is 13.2 Å². The van der Waals surface area contributed by atoms with Gasteiger partial charge in [0.1, 0.15) is 19.0 Å². The van der Waals surface area contributed by atoms with Crippen LogP contribution < -0.4 is 5.32 Å². The predicted molar refractivity (Wildman–Crippen MR) is 46.8 cm³/mol. The lowest BCUT2D eigenvalue weighted by Crippen LogP contribution is -2.59. The van der Waals surface area contributed by atoms with Gasteiger partial charge >= 0.3 is 12.1 Å². The summed E-state index contributed by atoms with van der Waals surface area (Å²) in [4.78, 5) is 33.3. The van der Waals surface area contributed by atoms with Gasteiger partial charge in [-0.05, 0) is 0 Å². The molecule has 1 unspecified atom stereocenters. The van der Waals surface area contributed by atoms with Crippen LogP contribution in [0.2, 0.25) is 0 Å². The second kappa shape index (κ2) is 4.60. The molecule has 2 amide bonds. The first-order chi connectivity index (χ1) is 7.70. The van der Waals surface area contributed by atoms with Crippen LogP contribution in [0.15, 0.2) is 0 Å². The van der Waals surface area contributed by atoms with E-state index in [2.05, 4.69) is 5.32 Å². The molecule has 0 saturated carbocycles. The van der Waals surface area contributed by atoms with Crippen LogP contribution in [0.5, 0.6) is 0 Å². The van der Waals surface area contributed by atoms with E-state index in [1.54, 1.807) is 0 Å². The molecule has 9 heteroatoms. The fourth-order valence-corrected chi connectivity index (χ4v) is 1.40. The van der Waals surface area contributed by atoms with Gasteiger partial charge in [-0.15, -0.1) is 0 Å². The van der Waals surface area contributed by atoms with Crippen LogP contribution in [0, 0.1) is 0 Å². The molecule has 0 aromatic rings. The lowest BCUT2D eigenvalue weighted by molar-refractivity contribution is -0.169. The van der Waals surface area contributed by atoms with Crippen LogP contribution in [-0.2, 0) is 14.4 Å². The van der Waals surface area contributed by atoms with Gasteiger partial charge in [-0.1, -0.05) is 0 Å². The highest BCUT2D eigenvalue weighted by Crippen LogP contribution is 2.21. The Balaban J connectivity index is 2.79. The van der Waals surface area contributed by atoms with E-state index in [0.717, 1.165) is 0 Å². The minimum Gasteiger partial charge on any atom is -0.480 e. The molecular weight excluding hydrogens is 245 g/mol. The predicted octanol–water partition coefficient (Wildman–Crippen LogP) is -0.650. The number of carbonyl (C=O) groups is 3. The number of nitrogens with zero attached hydrogens (tertiary/aromatic N) is 1. The molecule has 1 aliphatic heterocycles. The maximum atomic E-state index is 12.0. The molecule has 0 spiro atoms. The Morgan fingerprint density at radius 2 is 2.06 bits per heavy atom. The maximum Gasteiger partial charge on any atom is 0.397 e. The van der Waals surface area contributed by atoms with Crippen molar-refractivity contribution in [1.29, 1.82) is 0 Å². The summed E-state index contributed by atoms with van der Waals surface area (Å²) in [6, 6.07) is -1.46. The molecular formula is C8H9F3N2O4. The van der Waals surface area contributed by atoms with E-state index in [9.17, 15) is 27.6 Å². The van der Waals surface area contributed by atoms with E-state index in [1.165, 1.54) is 0 Å². The summed E-state index contributed by atoms with van der Waals surface area (Å²) in [5.41, 5.74) is 0. The number of hydrogen-bond acceptors (Lipinski definition) is 3. The number of piperazine rings is 1. The molecule has 0 aliphatic carbocycles. The van der Waals surface area contributed by atoms with Crippen molar-refractivity contribution >= 4 is 17.8 Å². The van der Waals surface area contributed by atoms with Crippen LogP contribution in [0.1, 0.15) is 6.42 Å². The number of carbonyl (C=O) groups excluding carboxylic acids is 2. The summed E-state index contributed by atoms with van der Waals surface area (Å²) in [5.74, 6) is -3.56. The van der Waals surface area contributed by atoms with Crippen molar-refractivity contribution in [2.75, 3.05) is 13.1 Å². The minimum absolute atomic E-state index is 0.391. The largest absolute Gasteiger partial charge is 0.480 e. The average Bonchev–Trinajstić information content (AvgIpc) is 2.14. The smallest absolute Gasteiger partial charge is 0.397 e. The Labute approximate surface area is 93.4 Å². The fraction of sp³-hybridized carbons (Fsp3) is 0.625. The van der Waals surface area contributed by atoms with Crippen LogP contribution in [0.4, 0.5) is 13.2 Å². The second-order valence-corrected chi connectivity index (χ2v) is 3.47. The fourth-order valence-electron chi connectivity index (χ4n) is 1.40. The van der Waals surface area contributed by atoms with E-state index in [1.807, 2.05) is 0 Å². The van der Waals surface area contributed by atoms with Crippen LogP contribution >= 0.6 is 0 Å². The molecule has 1 saturated heterocycles. The van der Waals surface area contributed by atoms with E-state index in [0.29, 0.717) is 4.90 Å². The standard InChI is InChI=1S/C8H9F3N2O4/c9-8(10,11)1-6(15)13-3-5(14)12-2-4(13)7(16)17/h4H,1-3H2,(H,12,14)(H,16,17). The zero-order valence-electron chi connectivity index (χ0n) is 8.45. The van der Waals surface area contributed by atoms with E-state index < -0.39 is 49.5 Å². The first kappa shape index (κ1) is 13.3. The minimum atomic E-state index is -4.73. The third-order valence-corrected chi connectivity index (χ3v) is 2.14. The molecule has 1 aliphatic rings. The van der Waals surface area contributed by atoms with Gasteiger partial charge in [0.15, 0.2) is 0 Å². The topological polar surface area (TPSA) is 86.7 Å². The van der Waals surface area contributed by atoms with E-state index in [4.69, 9.17) is 5.11 Å². The SMILES string of the molecule is O=C1CN(C(=O)CC(F)(F)F)C(C(=O)O)CN1. The number of nitrogens with one attached hydrogen (secondary N) is 1. The Morgan fingerprint density at radius 3 is 2.53 bits per heavy atom. The van der Waals surface area contributed by atoms with Crippen molar-refractivity contribution in [3.05, 3.63) is 0 Å². The molecule has 17 heavy (non-hydrogen) atoms. The quantitative estimate of drug-likeness (QED) is 0.685. The second-order valence-electron chi connectivity index (χ2n) is 3.47. The number of hydrogen-bond donors (Lipinski definition) is 2. The van der Waals surface area contributed by atoms with Gasteiger partial charge in [-0.3, -0.25) is 9.59 Å². The summed E-state index contributed by atoms with van der Waals surface area (Å²) in [6.45, 7) is -1.07. The van der Waals surface area contributed by atoms with Crippen molar-refractivity contribution in [3.63, 3.8) is 0 Å². The van der Waals surface area contributed by atoms with Crippen molar-refractivity contribution in [2.24, 2.45) is 0 Å². The van der Waals surface area contributed by atoms with Crippen molar-refractivity contribution < 1.29 is 32.7 Å². The Hall–Kier alpha value is -1.80. The zero-order valence-corrected chi connectivity index (χ0v) is 8.45. The zero-order chi connectivity index (χ0) is 13.2. The normalized spacial score (nSPS) is 21.0. The third-order valence-electron chi connectivity index (χ3n) is 2.14. The van der Waals surface area contributed by atoms with Crippen LogP contribution in [0.3, 0.4) is 0 Å². The molecule has 1 heterocycles. The number of carboxylic acids is 1. The Morgan fingerprint density at radius 1 is 1.47 bits per heavy atom. The number of amides is 2. The Bertz CT molecular complexity index is 355. The van der Waals surface area contributed by atoms with E-state index >= 15 is 0 Å². The van der Waals surface area contributed by atoms with Gasteiger partial charge in [0, 0.05) is 6.54 Å². The van der Waals surface area contributed by atoms with Gasteiger partial charge in [0.2, 0.25) is 11.8 Å². The summed E-state index contributed by atoms with van der Waals surface area (Å²) < 4.78 is 36.0. The molecule has 1 rings (SSSR count). The van der Waals surface area contributed by atoms with Crippen molar-refractivity contribution in [1.82, 2.24) is 10.2 Å². The summed E-state index contributed by atoms with van der Waals surface area (Å²) in [6.07, 6.45) is -6.50. The number of rotatable bonds is 2. The number of carboxylic acid groups (broad SMARTS) is 1. The summed E-state index contributed by atoms with van der Waals surface area (Å²) in [5, 5.41) is 10.9. The number of alkyl halides is 3. The molecule has 2 N–H and O–H groups in total. The molecule has 0 radical (unpaired) electrons. The van der Waals surface area contributed by atoms with Crippen molar-refractivity contribution in [2.45, 2.75) is 18.6 Å². The van der Waals surface area contributed by atoms with Gasteiger partial charge in [0.25, 0.3) is 0 Å². The highest BCUT2D eigenvalue weighted by atomic mass is 19.4. The molecule has 0 aromatic carbocycles. The molecule has 1 atom stereocenters. The highest BCUT2D eigenvalue weighted by Gasteiger charge is 2.40. The van der Waals surface area contributed by atoms with Crippen LogP contribution in [-0.4, -0.2) is 53.1 Å². The van der Waals surface area contributed by atoms with Gasteiger partial charge in [-0.25, -0.2) is 4.79 Å². The molecule has 0 aromatic heterocycles. The lowest BCUT2D eigenvalue weighted by Gasteiger charge is -2.32. The van der Waals surface area contributed by atoms with Crippen LogP contribution in [0.25, 0.3) is 0 Å². The molecule has 0 bridgehead atoms. The number of aliphatic carboxylic acids is 1. The van der Waals surface area contributed by atoms with E-state index in [-0.39, 0.29) is 0 Å². The first-order valence-electron chi connectivity index (χ1n) is 4.56. The molecule has 96 valence electrons. The maximum absolute atomic E-state index is 12.0. The number of halogens is 3. The first-order valence-corrected chi connectivity index (χ1v) is 4.56. The monoisotopic (exact) mass is 254 g/mol. The highest BCUT2D eigenvalue weighted by molar-refractivity contribution is 5.91. The average molecular weight is 254 g/mol. The van der Waals surface area contributed by atoms with Gasteiger partial charge in [0.05, 0.1) is 0 Å². The summed E-state index contributed by atoms with van der Waals surface area (Å²) in [7, 11) is 0. The lowest BCUT2D eigenvalue weighted by atomic mass is 10.1. The third kappa shape index (κ3) is 3.61. The van der Waals surface area contributed by atoms with Gasteiger partial charge < -0.3 is 15.3 Å². The molecule has 1 fully saturated rings. The Kier molecular flexibility index (Phi) is 3.59. The van der Waals surface area contributed by atoms with Crippen molar-refractivity contribution in [3.8, 4) is 0 Å².